The summed E-state index contributed by atoms with van der Waals surface area (Å²) in [5.41, 5.74) is 2.26. The van der Waals surface area contributed by atoms with Gasteiger partial charge in [-0.3, -0.25) is 0 Å². The van der Waals surface area contributed by atoms with Gasteiger partial charge in [0.15, 0.2) is 8.32 Å². The molecule has 0 spiro atoms. The van der Waals surface area contributed by atoms with E-state index in [1.54, 1.807) is 0 Å². The van der Waals surface area contributed by atoms with Gasteiger partial charge in [0.05, 0.1) is 12.2 Å². The minimum atomic E-state index is -1.91. The SMILES string of the molecule is CC(C)CCC[C@@H](C)[C@H]1CC[C@H]2C3C(O[Si](C)(C)C(C)(C)C)C=C4C[C@@H](O)CC[C@]4(C)[C@H]3CC[C@]12C. The fourth-order valence-electron chi connectivity index (χ4n) is 9.26. The van der Waals surface area contributed by atoms with Gasteiger partial charge < -0.3 is 9.53 Å². The standard InChI is InChI=1S/C33H60O2Si/c1-22(2)12-11-13-23(3)26-14-15-27-30-28(17-19-33(26,27)8)32(7)18-16-25(34)20-24(32)21-29(30)35-36(9,10)31(4,5)6/h21-23,25-30,34H,11-20H2,1-10H3/t23-,25+,26-,27+,28+,29?,30?,32+,33-/m1/s1. The fraction of sp³-hybridized carbons (Fsp3) is 0.939. The van der Waals surface area contributed by atoms with Crippen molar-refractivity contribution < 1.29 is 9.53 Å². The molecule has 2 nitrogen and oxygen atoms in total. The highest BCUT2D eigenvalue weighted by molar-refractivity contribution is 6.74. The highest BCUT2D eigenvalue weighted by Gasteiger charge is 2.62. The maximum atomic E-state index is 10.6. The van der Waals surface area contributed by atoms with E-state index >= 15 is 0 Å². The van der Waals surface area contributed by atoms with E-state index in [9.17, 15) is 5.11 Å². The minimum Gasteiger partial charge on any atom is -0.410 e. The normalized spacial score (nSPS) is 41.9. The zero-order valence-electron chi connectivity index (χ0n) is 25.6. The molecule has 0 aliphatic heterocycles. The van der Waals surface area contributed by atoms with E-state index < -0.39 is 8.32 Å². The molecule has 0 bridgehead atoms. The van der Waals surface area contributed by atoms with Crippen LogP contribution in [0.4, 0.5) is 0 Å². The molecule has 208 valence electrons. The Bertz CT molecular complexity index is 809. The first-order valence-corrected chi connectivity index (χ1v) is 18.6. The third kappa shape index (κ3) is 5.08. The van der Waals surface area contributed by atoms with Crippen LogP contribution in [0.3, 0.4) is 0 Å². The number of fused-ring (bicyclic) bond motifs is 5. The van der Waals surface area contributed by atoms with Crippen molar-refractivity contribution in [2.45, 2.75) is 150 Å². The van der Waals surface area contributed by atoms with Gasteiger partial charge in [0.2, 0.25) is 0 Å². The monoisotopic (exact) mass is 516 g/mol. The predicted octanol–water partition coefficient (Wildman–Crippen LogP) is 9.39. The molecule has 1 N–H and O–H groups in total. The average Bonchev–Trinajstić information content (AvgIpc) is 3.10. The van der Waals surface area contributed by atoms with E-state index in [2.05, 4.69) is 74.6 Å². The van der Waals surface area contributed by atoms with Gasteiger partial charge in [0.25, 0.3) is 0 Å². The average molecular weight is 517 g/mol. The lowest BCUT2D eigenvalue weighted by Crippen LogP contribution is -2.57. The molecule has 0 aromatic heterocycles. The van der Waals surface area contributed by atoms with Gasteiger partial charge in [-0.05, 0) is 109 Å². The highest BCUT2D eigenvalue weighted by atomic mass is 28.4. The molecular formula is C33H60O2Si. The molecule has 4 rings (SSSR count). The summed E-state index contributed by atoms with van der Waals surface area (Å²) in [5, 5.41) is 10.8. The number of aliphatic hydroxyl groups excluding tert-OH is 1. The molecule has 0 heterocycles. The summed E-state index contributed by atoms with van der Waals surface area (Å²) in [7, 11) is -1.91. The Kier molecular flexibility index (Phi) is 8.12. The van der Waals surface area contributed by atoms with E-state index in [-0.39, 0.29) is 22.7 Å². The second-order valence-corrected chi connectivity index (χ2v) is 20.9. The van der Waals surface area contributed by atoms with Crippen LogP contribution in [0, 0.1) is 46.3 Å². The molecule has 9 atom stereocenters. The maximum absolute atomic E-state index is 10.6. The molecule has 0 aromatic carbocycles. The van der Waals surface area contributed by atoms with Gasteiger partial charge in [-0.1, -0.05) is 86.3 Å². The van der Waals surface area contributed by atoms with Crippen molar-refractivity contribution in [3.63, 3.8) is 0 Å². The Morgan fingerprint density at radius 2 is 1.69 bits per heavy atom. The predicted molar refractivity (Wildman–Crippen MR) is 157 cm³/mol. The summed E-state index contributed by atoms with van der Waals surface area (Å²) in [6, 6.07) is 0. The Morgan fingerprint density at radius 1 is 1.00 bits per heavy atom. The van der Waals surface area contributed by atoms with Gasteiger partial charge in [0, 0.05) is 0 Å². The fourth-order valence-corrected chi connectivity index (χ4v) is 10.5. The van der Waals surface area contributed by atoms with Crippen LogP contribution in [0.15, 0.2) is 11.6 Å². The van der Waals surface area contributed by atoms with E-state index in [1.165, 1.54) is 50.5 Å². The van der Waals surface area contributed by atoms with Crippen LogP contribution in [0.2, 0.25) is 18.1 Å². The number of hydrogen-bond acceptors (Lipinski definition) is 2. The second-order valence-electron chi connectivity index (χ2n) is 16.2. The van der Waals surface area contributed by atoms with Crippen molar-refractivity contribution in [2.75, 3.05) is 0 Å². The molecule has 0 aromatic rings. The molecule has 3 heteroatoms. The van der Waals surface area contributed by atoms with Crippen LogP contribution in [-0.4, -0.2) is 25.6 Å². The highest BCUT2D eigenvalue weighted by Crippen LogP contribution is 2.68. The van der Waals surface area contributed by atoms with Crippen LogP contribution >= 0.6 is 0 Å². The van der Waals surface area contributed by atoms with Crippen LogP contribution in [-0.2, 0) is 4.43 Å². The Morgan fingerprint density at radius 3 is 2.33 bits per heavy atom. The zero-order chi connectivity index (χ0) is 26.7. The lowest BCUT2D eigenvalue weighted by Gasteiger charge is -2.61. The molecule has 36 heavy (non-hydrogen) atoms. The van der Waals surface area contributed by atoms with Gasteiger partial charge >= 0.3 is 0 Å². The lowest BCUT2D eigenvalue weighted by atomic mass is 9.46. The summed E-state index contributed by atoms with van der Waals surface area (Å²) in [5.74, 6) is 4.68. The smallest absolute Gasteiger partial charge is 0.192 e. The van der Waals surface area contributed by atoms with Crippen molar-refractivity contribution in [1.82, 2.24) is 0 Å². The van der Waals surface area contributed by atoms with E-state index in [0.717, 1.165) is 42.9 Å². The number of rotatable bonds is 7. The summed E-state index contributed by atoms with van der Waals surface area (Å²) in [6.45, 7) is 24.6. The zero-order valence-corrected chi connectivity index (χ0v) is 26.6. The Hall–Kier alpha value is -0.123. The van der Waals surface area contributed by atoms with E-state index in [1.807, 2.05) is 0 Å². The first-order chi connectivity index (χ1) is 16.6. The number of hydrogen-bond donors (Lipinski definition) is 1. The molecule has 0 amide bonds. The Labute approximate surface area is 225 Å². The third-order valence-corrected chi connectivity index (χ3v) is 17.0. The largest absolute Gasteiger partial charge is 0.410 e. The van der Waals surface area contributed by atoms with Gasteiger partial charge in [-0.2, -0.15) is 0 Å². The Balaban J connectivity index is 1.66. The van der Waals surface area contributed by atoms with E-state index in [0.29, 0.717) is 17.3 Å². The summed E-state index contributed by atoms with van der Waals surface area (Å²) in [4.78, 5) is 0. The van der Waals surface area contributed by atoms with Crippen LogP contribution in [0.5, 0.6) is 0 Å². The molecule has 3 fully saturated rings. The van der Waals surface area contributed by atoms with Crippen molar-refractivity contribution in [1.29, 1.82) is 0 Å². The summed E-state index contributed by atoms with van der Waals surface area (Å²) < 4.78 is 7.36. The number of aliphatic hydroxyl groups is 1. The molecule has 4 aliphatic carbocycles. The maximum Gasteiger partial charge on any atom is 0.192 e. The van der Waals surface area contributed by atoms with Gasteiger partial charge in [-0.15, -0.1) is 0 Å². The molecule has 2 unspecified atom stereocenters. The van der Waals surface area contributed by atoms with Crippen molar-refractivity contribution in [2.24, 2.45) is 46.3 Å². The summed E-state index contributed by atoms with van der Waals surface area (Å²) >= 11 is 0. The third-order valence-electron chi connectivity index (χ3n) is 12.5. The van der Waals surface area contributed by atoms with E-state index in [4.69, 9.17) is 4.43 Å². The van der Waals surface area contributed by atoms with Crippen molar-refractivity contribution >= 4 is 8.32 Å². The van der Waals surface area contributed by atoms with Crippen molar-refractivity contribution in [3.8, 4) is 0 Å². The van der Waals surface area contributed by atoms with Gasteiger partial charge in [0.1, 0.15) is 0 Å². The molecule has 4 aliphatic rings. The molecular weight excluding hydrogens is 456 g/mol. The van der Waals surface area contributed by atoms with Crippen LogP contribution < -0.4 is 0 Å². The lowest BCUT2D eigenvalue weighted by molar-refractivity contribution is -0.0938. The molecule has 0 saturated heterocycles. The molecule has 0 radical (unpaired) electrons. The van der Waals surface area contributed by atoms with Crippen LogP contribution in [0.1, 0.15) is 120 Å². The van der Waals surface area contributed by atoms with Gasteiger partial charge in [-0.25, -0.2) is 0 Å². The first kappa shape index (κ1) is 28.9. The quantitative estimate of drug-likeness (QED) is 0.270. The van der Waals surface area contributed by atoms with Crippen molar-refractivity contribution in [3.05, 3.63) is 11.6 Å². The topological polar surface area (TPSA) is 29.5 Å². The minimum absolute atomic E-state index is 0.161. The first-order valence-electron chi connectivity index (χ1n) is 15.7. The molecule has 3 saturated carbocycles. The van der Waals surface area contributed by atoms with Crippen LogP contribution in [0.25, 0.3) is 0 Å². The summed E-state index contributed by atoms with van der Waals surface area (Å²) in [6.07, 6.45) is 15.4. The second kappa shape index (κ2) is 10.1.